The molecule has 1 aliphatic rings. The monoisotopic (exact) mass is 271 g/mol. The van der Waals surface area contributed by atoms with Crippen molar-refractivity contribution in [2.24, 2.45) is 5.92 Å². The van der Waals surface area contributed by atoms with Gasteiger partial charge in [0.1, 0.15) is 6.33 Å². The van der Waals surface area contributed by atoms with E-state index in [9.17, 15) is 4.79 Å². The first-order valence-corrected chi connectivity index (χ1v) is 6.74. The van der Waals surface area contributed by atoms with Crippen LogP contribution < -0.4 is 5.32 Å². The summed E-state index contributed by atoms with van der Waals surface area (Å²) in [6.07, 6.45) is 2.26. The van der Waals surface area contributed by atoms with Gasteiger partial charge in [-0.25, -0.2) is 5.10 Å². The van der Waals surface area contributed by atoms with Gasteiger partial charge in [-0.1, -0.05) is 30.3 Å². The molecule has 20 heavy (non-hydrogen) atoms. The molecule has 2 N–H and O–H groups in total. The molecule has 3 rings (SSSR count). The van der Waals surface area contributed by atoms with Gasteiger partial charge in [0.25, 0.3) is 0 Å². The number of anilines is 1. The number of benzene rings is 1. The molecule has 1 unspecified atom stereocenters. The van der Waals surface area contributed by atoms with Crippen molar-refractivity contribution in [2.75, 3.05) is 18.4 Å². The Morgan fingerprint density at radius 1 is 1.40 bits per heavy atom. The van der Waals surface area contributed by atoms with Crippen LogP contribution in [0.2, 0.25) is 0 Å². The maximum atomic E-state index is 12.1. The Labute approximate surface area is 117 Å². The van der Waals surface area contributed by atoms with Gasteiger partial charge in [-0.3, -0.25) is 15.0 Å². The van der Waals surface area contributed by atoms with E-state index in [0.29, 0.717) is 5.95 Å². The SMILES string of the molecule is O=C(Nc1ncn[nH]1)C1CCN(Cc2ccccc2)C1. The van der Waals surface area contributed by atoms with E-state index in [4.69, 9.17) is 0 Å². The molecule has 1 saturated heterocycles. The van der Waals surface area contributed by atoms with Crippen molar-refractivity contribution in [3.05, 3.63) is 42.2 Å². The van der Waals surface area contributed by atoms with Crippen LogP contribution in [0.4, 0.5) is 5.95 Å². The summed E-state index contributed by atoms with van der Waals surface area (Å²) >= 11 is 0. The Hall–Kier alpha value is -2.21. The second kappa shape index (κ2) is 5.83. The highest BCUT2D eigenvalue weighted by Crippen LogP contribution is 2.19. The largest absolute Gasteiger partial charge is 0.298 e. The molecular weight excluding hydrogens is 254 g/mol. The first kappa shape index (κ1) is 12.8. The number of amides is 1. The normalized spacial score (nSPS) is 19.1. The molecule has 6 nitrogen and oxygen atoms in total. The van der Waals surface area contributed by atoms with E-state index < -0.39 is 0 Å². The first-order valence-electron chi connectivity index (χ1n) is 6.74. The number of aromatic nitrogens is 3. The first-order chi connectivity index (χ1) is 9.81. The lowest BCUT2D eigenvalue weighted by atomic mass is 10.1. The van der Waals surface area contributed by atoms with Gasteiger partial charge >= 0.3 is 0 Å². The molecule has 2 heterocycles. The van der Waals surface area contributed by atoms with Crippen LogP contribution in [0.25, 0.3) is 0 Å². The molecule has 0 radical (unpaired) electrons. The number of nitrogens with one attached hydrogen (secondary N) is 2. The highest BCUT2D eigenvalue weighted by atomic mass is 16.2. The summed E-state index contributed by atoms with van der Waals surface area (Å²) < 4.78 is 0. The summed E-state index contributed by atoms with van der Waals surface area (Å²) in [5.41, 5.74) is 1.28. The number of carbonyl (C=O) groups is 1. The Morgan fingerprint density at radius 2 is 2.25 bits per heavy atom. The zero-order valence-electron chi connectivity index (χ0n) is 11.1. The van der Waals surface area contributed by atoms with Gasteiger partial charge < -0.3 is 0 Å². The minimum atomic E-state index is 0.0114. The number of aromatic amines is 1. The van der Waals surface area contributed by atoms with E-state index in [1.807, 2.05) is 18.2 Å². The van der Waals surface area contributed by atoms with E-state index in [-0.39, 0.29) is 11.8 Å². The molecule has 0 aliphatic carbocycles. The van der Waals surface area contributed by atoms with Gasteiger partial charge in [0, 0.05) is 13.1 Å². The van der Waals surface area contributed by atoms with Gasteiger partial charge in [0.15, 0.2) is 0 Å². The molecule has 1 atom stereocenters. The molecule has 1 fully saturated rings. The molecule has 1 aliphatic heterocycles. The van der Waals surface area contributed by atoms with Gasteiger partial charge in [-0.2, -0.15) is 10.1 Å². The summed E-state index contributed by atoms with van der Waals surface area (Å²) in [4.78, 5) is 18.3. The third-order valence-corrected chi connectivity index (χ3v) is 3.55. The highest BCUT2D eigenvalue weighted by Gasteiger charge is 2.28. The molecule has 0 bridgehead atoms. The summed E-state index contributed by atoms with van der Waals surface area (Å²) in [6, 6.07) is 10.3. The number of hydrogen-bond acceptors (Lipinski definition) is 4. The number of H-pyrrole nitrogens is 1. The summed E-state index contributed by atoms with van der Waals surface area (Å²) in [5.74, 6) is 0.442. The zero-order valence-corrected chi connectivity index (χ0v) is 11.1. The maximum absolute atomic E-state index is 12.1. The third-order valence-electron chi connectivity index (χ3n) is 3.55. The van der Waals surface area contributed by atoms with Crippen molar-refractivity contribution in [1.29, 1.82) is 0 Å². The van der Waals surface area contributed by atoms with E-state index in [1.54, 1.807) is 0 Å². The second-order valence-electron chi connectivity index (χ2n) is 5.03. The highest BCUT2D eigenvalue weighted by molar-refractivity contribution is 5.91. The standard InChI is InChI=1S/C14H17N5O/c20-13(17-14-15-10-16-18-14)12-6-7-19(9-12)8-11-4-2-1-3-5-11/h1-5,10,12H,6-9H2,(H2,15,16,17,18,20). The quantitative estimate of drug-likeness (QED) is 0.878. The lowest BCUT2D eigenvalue weighted by Crippen LogP contribution is -2.27. The number of carbonyl (C=O) groups excluding carboxylic acids is 1. The third kappa shape index (κ3) is 3.03. The van der Waals surface area contributed by atoms with Crippen molar-refractivity contribution in [2.45, 2.75) is 13.0 Å². The minimum Gasteiger partial charge on any atom is -0.298 e. The zero-order chi connectivity index (χ0) is 13.8. The van der Waals surface area contributed by atoms with Crippen molar-refractivity contribution in [3.8, 4) is 0 Å². The van der Waals surface area contributed by atoms with E-state index in [1.165, 1.54) is 11.9 Å². The number of hydrogen-bond donors (Lipinski definition) is 2. The van der Waals surface area contributed by atoms with Gasteiger partial charge in [0.05, 0.1) is 5.92 Å². The van der Waals surface area contributed by atoms with Crippen molar-refractivity contribution in [1.82, 2.24) is 20.1 Å². The summed E-state index contributed by atoms with van der Waals surface area (Å²) in [6.45, 7) is 2.63. The van der Waals surface area contributed by atoms with E-state index >= 15 is 0 Å². The van der Waals surface area contributed by atoms with Crippen molar-refractivity contribution < 1.29 is 4.79 Å². The predicted octanol–water partition coefficient (Wildman–Crippen LogP) is 1.27. The maximum Gasteiger partial charge on any atom is 0.231 e. The van der Waals surface area contributed by atoms with Crippen LogP contribution in [-0.4, -0.2) is 39.1 Å². The summed E-state index contributed by atoms with van der Waals surface area (Å²) in [7, 11) is 0. The minimum absolute atomic E-state index is 0.0114. The molecule has 0 saturated carbocycles. The number of likely N-dealkylation sites (tertiary alicyclic amines) is 1. The predicted molar refractivity (Wildman–Crippen MR) is 74.8 cm³/mol. The Balaban J connectivity index is 1.53. The fourth-order valence-electron chi connectivity index (χ4n) is 2.52. The van der Waals surface area contributed by atoms with Crippen molar-refractivity contribution >= 4 is 11.9 Å². The molecule has 2 aromatic rings. The molecule has 104 valence electrons. The van der Waals surface area contributed by atoms with Gasteiger partial charge in [-0.05, 0) is 18.5 Å². The van der Waals surface area contributed by atoms with Crippen LogP contribution >= 0.6 is 0 Å². The Morgan fingerprint density at radius 3 is 3.00 bits per heavy atom. The van der Waals surface area contributed by atoms with Gasteiger partial charge in [0.2, 0.25) is 11.9 Å². The molecule has 1 aromatic carbocycles. The molecule has 1 aromatic heterocycles. The molecule has 0 spiro atoms. The molecule has 6 heteroatoms. The fraction of sp³-hybridized carbons (Fsp3) is 0.357. The van der Waals surface area contributed by atoms with E-state index in [0.717, 1.165) is 26.1 Å². The Bertz CT molecular complexity index is 554. The smallest absolute Gasteiger partial charge is 0.231 e. The van der Waals surface area contributed by atoms with E-state index in [2.05, 4.69) is 37.5 Å². The van der Waals surface area contributed by atoms with Crippen LogP contribution in [0, 0.1) is 5.92 Å². The number of rotatable bonds is 4. The van der Waals surface area contributed by atoms with Crippen LogP contribution in [0.15, 0.2) is 36.7 Å². The second-order valence-corrected chi connectivity index (χ2v) is 5.03. The lowest BCUT2D eigenvalue weighted by Gasteiger charge is -2.15. The fourth-order valence-corrected chi connectivity index (χ4v) is 2.52. The van der Waals surface area contributed by atoms with Crippen LogP contribution in [-0.2, 0) is 11.3 Å². The van der Waals surface area contributed by atoms with Crippen LogP contribution in [0.1, 0.15) is 12.0 Å². The van der Waals surface area contributed by atoms with Crippen LogP contribution in [0.5, 0.6) is 0 Å². The Kier molecular flexibility index (Phi) is 3.73. The summed E-state index contributed by atoms with van der Waals surface area (Å²) in [5, 5.41) is 9.10. The lowest BCUT2D eigenvalue weighted by molar-refractivity contribution is -0.119. The van der Waals surface area contributed by atoms with Gasteiger partial charge in [-0.15, -0.1) is 0 Å². The van der Waals surface area contributed by atoms with Crippen LogP contribution in [0.3, 0.4) is 0 Å². The number of nitrogens with zero attached hydrogens (tertiary/aromatic N) is 3. The molecular formula is C14H17N5O. The average Bonchev–Trinajstić information content (AvgIpc) is 3.11. The van der Waals surface area contributed by atoms with Crippen molar-refractivity contribution in [3.63, 3.8) is 0 Å². The topological polar surface area (TPSA) is 73.9 Å². The average molecular weight is 271 g/mol. The molecule has 1 amide bonds.